The van der Waals surface area contributed by atoms with Gasteiger partial charge in [0.2, 0.25) is 0 Å². The minimum atomic E-state index is -0.710. The molecular formula is C16H18FNO3. The van der Waals surface area contributed by atoms with Crippen LogP contribution in [-0.2, 0) is 4.74 Å². The lowest BCUT2D eigenvalue weighted by Gasteiger charge is -2.42. The molecule has 1 aromatic carbocycles. The second-order valence-corrected chi connectivity index (χ2v) is 5.30. The van der Waals surface area contributed by atoms with Crippen molar-refractivity contribution in [2.45, 2.75) is 25.4 Å². The molecule has 0 unspecified atom stereocenters. The summed E-state index contributed by atoms with van der Waals surface area (Å²) in [5.41, 5.74) is 0.217. The Hall–Kier alpha value is -1.88. The number of fused-ring (bicyclic) bond motifs is 1. The molecule has 1 saturated heterocycles. The van der Waals surface area contributed by atoms with E-state index < -0.39 is 11.4 Å². The SMILES string of the molecule is CCO/C=C1\C(=O)c2ccc(F)cc2OC12CCNCC2. The number of Topliss-reactive ketones (excluding diaryl/α,β-unsaturated/α-hetero) is 1. The Morgan fingerprint density at radius 2 is 2.19 bits per heavy atom. The van der Waals surface area contributed by atoms with Crippen molar-refractivity contribution in [2.75, 3.05) is 19.7 Å². The molecule has 0 radical (unpaired) electrons. The first-order chi connectivity index (χ1) is 10.2. The molecule has 0 aromatic heterocycles. The summed E-state index contributed by atoms with van der Waals surface area (Å²) in [6.45, 7) is 3.85. The number of carbonyl (C=O) groups excluding carboxylic acids is 1. The normalized spacial score (nSPS) is 22.0. The van der Waals surface area contributed by atoms with E-state index in [0.29, 0.717) is 36.3 Å². The van der Waals surface area contributed by atoms with E-state index in [1.165, 1.54) is 24.5 Å². The highest BCUT2D eigenvalue weighted by Gasteiger charge is 2.46. The van der Waals surface area contributed by atoms with Crippen LogP contribution < -0.4 is 10.1 Å². The fourth-order valence-corrected chi connectivity index (χ4v) is 2.92. The van der Waals surface area contributed by atoms with E-state index in [2.05, 4.69) is 5.32 Å². The number of piperidine rings is 1. The zero-order valence-corrected chi connectivity index (χ0v) is 11.9. The molecule has 0 bridgehead atoms. The Balaban J connectivity index is 2.08. The van der Waals surface area contributed by atoms with Crippen LogP contribution in [-0.4, -0.2) is 31.1 Å². The van der Waals surface area contributed by atoms with Gasteiger partial charge in [-0.3, -0.25) is 4.79 Å². The number of rotatable bonds is 2. The molecule has 0 saturated carbocycles. The summed E-state index contributed by atoms with van der Waals surface area (Å²) >= 11 is 0. The maximum Gasteiger partial charge on any atom is 0.199 e. The van der Waals surface area contributed by atoms with Crippen LogP contribution >= 0.6 is 0 Å². The summed E-state index contributed by atoms with van der Waals surface area (Å²) in [5.74, 6) is -0.204. The first-order valence-electron chi connectivity index (χ1n) is 7.22. The summed E-state index contributed by atoms with van der Waals surface area (Å²) in [4.78, 5) is 12.7. The summed E-state index contributed by atoms with van der Waals surface area (Å²) in [7, 11) is 0. The molecule has 2 heterocycles. The minimum Gasteiger partial charge on any atom is -0.501 e. The molecule has 112 valence electrons. The molecular weight excluding hydrogens is 273 g/mol. The second kappa shape index (κ2) is 5.48. The molecule has 1 aromatic rings. The van der Waals surface area contributed by atoms with Crippen LogP contribution in [0.2, 0.25) is 0 Å². The Kier molecular flexibility index (Phi) is 3.68. The minimum absolute atomic E-state index is 0.133. The van der Waals surface area contributed by atoms with E-state index in [-0.39, 0.29) is 5.78 Å². The molecule has 5 heteroatoms. The van der Waals surface area contributed by atoms with Gasteiger partial charge >= 0.3 is 0 Å². The standard InChI is InChI=1S/C16H18FNO3/c1-2-20-10-13-15(19)12-4-3-11(17)9-14(12)21-16(13)5-7-18-8-6-16/h3-4,9-10,18H,2,5-8H2,1H3/b13-10+. The monoisotopic (exact) mass is 291 g/mol. The zero-order valence-electron chi connectivity index (χ0n) is 11.9. The molecule has 2 aliphatic rings. The van der Waals surface area contributed by atoms with Crippen molar-refractivity contribution in [3.05, 3.63) is 41.4 Å². The number of halogens is 1. The number of hydrogen-bond donors (Lipinski definition) is 1. The van der Waals surface area contributed by atoms with Crippen LogP contribution in [0.15, 0.2) is 30.0 Å². The van der Waals surface area contributed by atoms with Gasteiger partial charge in [0.25, 0.3) is 0 Å². The highest BCUT2D eigenvalue weighted by atomic mass is 19.1. The van der Waals surface area contributed by atoms with E-state index in [9.17, 15) is 9.18 Å². The molecule has 2 aliphatic heterocycles. The van der Waals surface area contributed by atoms with Crippen molar-refractivity contribution < 1.29 is 18.7 Å². The van der Waals surface area contributed by atoms with Crippen LogP contribution in [0.25, 0.3) is 0 Å². The van der Waals surface area contributed by atoms with E-state index in [4.69, 9.17) is 9.47 Å². The van der Waals surface area contributed by atoms with Crippen LogP contribution in [0.4, 0.5) is 4.39 Å². The van der Waals surface area contributed by atoms with Crippen molar-refractivity contribution in [1.82, 2.24) is 5.32 Å². The maximum atomic E-state index is 13.4. The van der Waals surface area contributed by atoms with Crippen molar-refractivity contribution in [3.63, 3.8) is 0 Å². The van der Waals surface area contributed by atoms with Gasteiger partial charge in [-0.2, -0.15) is 0 Å². The summed E-state index contributed by atoms with van der Waals surface area (Å²) < 4.78 is 24.9. The lowest BCUT2D eigenvalue weighted by molar-refractivity contribution is 0.0500. The van der Waals surface area contributed by atoms with E-state index in [1.54, 1.807) is 0 Å². The van der Waals surface area contributed by atoms with Crippen molar-refractivity contribution in [2.24, 2.45) is 0 Å². The van der Waals surface area contributed by atoms with Gasteiger partial charge in [-0.1, -0.05) is 0 Å². The molecule has 1 N–H and O–H groups in total. The van der Waals surface area contributed by atoms with Crippen molar-refractivity contribution in [1.29, 1.82) is 0 Å². The Labute approximate surface area is 122 Å². The zero-order chi connectivity index (χ0) is 14.9. The number of ether oxygens (including phenoxy) is 2. The summed E-state index contributed by atoms with van der Waals surface area (Å²) in [5, 5.41) is 3.25. The average molecular weight is 291 g/mol. The molecule has 0 atom stereocenters. The maximum absolute atomic E-state index is 13.4. The van der Waals surface area contributed by atoms with Gasteiger partial charge in [0.15, 0.2) is 5.78 Å². The van der Waals surface area contributed by atoms with Gasteiger partial charge in [-0.25, -0.2) is 4.39 Å². The highest BCUT2D eigenvalue weighted by molar-refractivity contribution is 6.12. The summed E-state index contributed by atoms with van der Waals surface area (Å²) in [6, 6.07) is 4.04. The van der Waals surface area contributed by atoms with Crippen LogP contribution in [0.1, 0.15) is 30.1 Å². The van der Waals surface area contributed by atoms with Crippen molar-refractivity contribution >= 4 is 5.78 Å². The fourth-order valence-electron chi connectivity index (χ4n) is 2.92. The van der Waals surface area contributed by atoms with Gasteiger partial charge in [-0.15, -0.1) is 0 Å². The fraction of sp³-hybridized carbons (Fsp3) is 0.438. The number of benzene rings is 1. The predicted octanol–water partition coefficient (Wildman–Crippen LogP) is 2.44. The predicted molar refractivity (Wildman–Crippen MR) is 75.9 cm³/mol. The Morgan fingerprint density at radius 3 is 2.90 bits per heavy atom. The molecule has 3 rings (SSSR count). The number of carbonyl (C=O) groups is 1. The van der Waals surface area contributed by atoms with Gasteiger partial charge in [0.1, 0.15) is 17.2 Å². The van der Waals surface area contributed by atoms with Crippen molar-refractivity contribution in [3.8, 4) is 5.75 Å². The number of nitrogens with one attached hydrogen (secondary N) is 1. The highest BCUT2D eigenvalue weighted by Crippen LogP contribution is 2.41. The lowest BCUT2D eigenvalue weighted by Crippen LogP contribution is -2.51. The third-order valence-corrected chi connectivity index (χ3v) is 4.01. The smallest absolute Gasteiger partial charge is 0.199 e. The van der Waals surface area contributed by atoms with Crippen LogP contribution in [0, 0.1) is 5.82 Å². The lowest BCUT2D eigenvalue weighted by atomic mass is 9.79. The van der Waals surface area contributed by atoms with Gasteiger partial charge in [0, 0.05) is 18.9 Å². The quantitative estimate of drug-likeness (QED) is 0.671. The largest absolute Gasteiger partial charge is 0.501 e. The van der Waals surface area contributed by atoms with Gasteiger partial charge < -0.3 is 14.8 Å². The van der Waals surface area contributed by atoms with Crippen LogP contribution in [0.5, 0.6) is 5.75 Å². The molecule has 0 amide bonds. The third kappa shape index (κ3) is 2.42. The third-order valence-electron chi connectivity index (χ3n) is 4.01. The molecule has 1 fully saturated rings. The van der Waals surface area contributed by atoms with E-state index in [0.717, 1.165) is 13.1 Å². The van der Waals surface area contributed by atoms with E-state index in [1.807, 2.05) is 6.92 Å². The number of ketones is 1. The molecule has 0 aliphatic carbocycles. The molecule has 1 spiro atoms. The van der Waals surface area contributed by atoms with E-state index >= 15 is 0 Å². The summed E-state index contributed by atoms with van der Waals surface area (Å²) in [6.07, 6.45) is 2.83. The number of hydrogen-bond acceptors (Lipinski definition) is 4. The second-order valence-electron chi connectivity index (χ2n) is 5.30. The Morgan fingerprint density at radius 1 is 1.43 bits per heavy atom. The Bertz CT molecular complexity index is 591. The van der Waals surface area contributed by atoms with Crippen LogP contribution in [0.3, 0.4) is 0 Å². The topological polar surface area (TPSA) is 47.6 Å². The molecule has 4 nitrogen and oxygen atoms in total. The van der Waals surface area contributed by atoms with Gasteiger partial charge in [-0.05, 0) is 32.1 Å². The average Bonchev–Trinajstić information content (AvgIpc) is 2.47. The molecule has 21 heavy (non-hydrogen) atoms. The van der Waals surface area contributed by atoms with Gasteiger partial charge in [0.05, 0.1) is 24.0 Å². The first kappa shape index (κ1) is 14.1. The first-order valence-corrected chi connectivity index (χ1v) is 7.22.